The fourth-order valence-corrected chi connectivity index (χ4v) is 2.51. The van der Waals surface area contributed by atoms with Gasteiger partial charge in [0.05, 0.1) is 12.5 Å². The zero-order chi connectivity index (χ0) is 15.4. The van der Waals surface area contributed by atoms with Crippen molar-refractivity contribution in [3.63, 3.8) is 0 Å². The van der Waals surface area contributed by atoms with Crippen LogP contribution in [0.3, 0.4) is 0 Å². The van der Waals surface area contributed by atoms with Gasteiger partial charge in [-0.05, 0) is 44.0 Å². The minimum atomic E-state index is -0.348. The number of nitrogens with zero attached hydrogens (tertiary/aromatic N) is 1. The first-order valence-electron chi connectivity index (χ1n) is 7.03. The maximum absolute atomic E-state index is 13.4. The number of likely N-dealkylation sites (tertiary alicyclic amines) is 1. The van der Waals surface area contributed by atoms with Crippen molar-refractivity contribution >= 4 is 17.5 Å². The zero-order valence-corrected chi connectivity index (χ0v) is 12.1. The normalized spacial score (nSPS) is 19.2. The average Bonchev–Trinajstić information content (AvgIpc) is 2.43. The van der Waals surface area contributed by atoms with E-state index in [1.54, 1.807) is 19.1 Å². The van der Waals surface area contributed by atoms with E-state index in [0.717, 1.165) is 19.4 Å². The summed E-state index contributed by atoms with van der Waals surface area (Å²) in [6.45, 7) is 3.11. The summed E-state index contributed by atoms with van der Waals surface area (Å²) in [6.07, 6.45) is 1.62. The smallest absolute Gasteiger partial charge is 0.238 e. The SMILES string of the molecule is Cc1ccc(NC(=O)CN2CCC[C@H](C(N)=O)C2)cc1F. The number of anilines is 1. The largest absolute Gasteiger partial charge is 0.369 e. The lowest BCUT2D eigenvalue weighted by Crippen LogP contribution is -2.44. The summed E-state index contributed by atoms with van der Waals surface area (Å²) in [7, 11) is 0. The molecule has 1 aromatic rings. The van der Waals surface area contributed by atoms with Crippen LogP contribution in [0, 0.1) is 18.7 Å². The number of amides is 2. The Kier molecular flexibility index (Phi) is 4.90. The second-order valence-corrected chi connectivity index (χ2v) is 5.49. The molecule has 1 heterocycles. The Hall–Kier alpha value is -1.95. The van der Waals surface area contributed by atoms with Gasteiger partial charge in [0.1, 0.15) is 5.82 Å². The summed E-state index contributed by atoms with van der Waals surface area (Å²) in [6, 6.07) is 4.59. The van der Waals surface area contributed by atoms with Gasteiger partial charge in [0, 0.05) is 12.2 Å². The number of carbonyl (C=O) groups excluding carboxylic acids is 2. The number of piperidine rings is 1. The first-order chi connectivity index (χ1) is 9.95. The van der Waals surface area contributed by atoms with Crippen LogP contribution in [0.25, 0.3) is 0 Å². The van der Waals surface area contributed by atoms with Gasteiger partial charge in [0.15, 0.2) is 0 Å². The highest BCUT2D eigenvalue weighted by atomic mass is 19.1. The molecule has 0 spiro atoms. The molecule has 114 valence electrons. The van der Waals surface area contributed by atoms with Gasteiger partial charge in [-0.1, -0.05) is 6.07 Å². The number of primary amides is 1. The highest BCUT2D eigenvalue weighted by molar-refractivity contribution is 5.92. The lowest BCUT2D eigenvalue weighted by Gasteiger charge is -2.30. The third-order valence-corrected chi connectivity index (χ3v) is 3.73. The van der Waals surface area contributed by atoms with E-state index in [4.69, 9.17) is 5.73 Å². The molecule has 1 saturated heterocycles. The van der Waals surface area contributed by atoms with Gasteiger partial charge in [-0.15, -0.1) is 0 Å². The van der Waals surface area contributed by atoms with E-state index >= 15 is 0 Å². The molecule has 0 bridgehead atoms. The van der Waals surface area contributed by atoms with Gasteiger partial charge in [-0.3, -0.25) is 14.5 Å². The van der Waals surface area contributed by atoms with Crippen molar-refractivity contribution in [2.24, 2.45) is 11.7 Å². The van der Waals surface area contributed by atoms with Crippen LogP contribution >= 0.6 is 0 Å². The van der Waals surface area contributed by atoms with Gasteiger partial charge in [0.25, 0.3) is 0 Å². The quantitative estimate of drug-likeness (QED) is 0.878. The molecule has 3 N–H and O–H groups in total. The van der Waals surface area contributed by atoms with Gasteiger partial charge in [-0.2, -0.15) is 0 Å². The lowest BCUT2D eigenvalue weighted by atomic mass is 9.97. The molecule has 0 saturated carbocycles. The third-order valence-electron chi connectivity index (χ3n) is 3.73. The van der Waals surface area contributed by atoms with Crippen LogP contribution in [0.1, 0.15) is 18.4 Å². The first kappa shape index (κ1) is 15.4. The number of benzene rings is 1. The fraction of sp³-hybridized carbons (Fsp3) is 0.467. The molecular formula is C15H20FN3O2. The lowest BCUT2D eigenvalue weighted by molar-refractivity contribution is -0.125. The maximum Gasteiger partial charge on any atom is 0.238 e. The predicted octanol–water partition coefficient (Wildman–Crippen LogP) is 1.27. The average molecular weight is 293 g/mol. The number of carbonyl (C=O) groups is 2. The predicted molar refractivity (Wildman–Crippen MR) is 78.1 cm³/mol. The van der Waals surface area contributed by atoms with E-state index in [1.165, 1.54) is 6.07 Å². The molecule has 0 radical (unpaired) electrons. The molecule has 1 aliphatic rings. The number of aryl methyl sites for hydroxylation is 1. The van der Waals surface area contributed by atoms with Gasteiger partial charge in [0.2, 0.25) is 11.8 Å². The van der Waals surface area contributed by atoms with E-state index in [-0.39, 0.29) is 30.1 Å². The van der Waals surface area contributed by atoms with Gasteiger partial charge < -0.3 is 11.1 Å². The number of nitrogens with one attached hydrogen (secondary N) is 1. The van der Waals surface area contributed by atoms with Crippen molar-refractivity contribution < 1.29 is 14.0 Å². The molecule has 6 heteroatoms. The zero-order valence-electron chi connectivity index (χ0n) is 12.1. The Bertz CT molecular complexity index is 548. The van der Waals surface area contributed by atoms with E-state index in [0.29, 0.717) is 17.8 Å². The molecule has 5 nitrogen and oxygen atoms in total. The highest BCUT2D eigenvalue weighted by Crippen LogP contribution is 2.17. The molecule has 0 aliphatic carbocycles. The summed E-state index contributed by atoms with van der Waals surface area (Å²) < 4.78 is 13.4. The molecule has 2 amide bonds. The molecular weight excluding hydrogens is 273 g/mol. The maximum atomic E-state index is 13.4. The minimum Gasteiger partial charge on any atom is -0.369 e. The standard InChI is InChI=1S/C15H20FN3O2/c1-10-4-5-12(7-13(10)16)18-14(20)9-19-6-2-3-11(8-19)15(17)21/h4-5,7,11H,2-3,6,8-9H2,1H3,(H2,17,21)(H,18,20)/t11-/m0/s1. The van der Waals surface area contributed by atoms with Crippen molar-refractivity contribution in [3.05, 3.63) is 29.6 Å². The Balaban J connectivity index is 1.89. The number of halogens is 1. The van der Waals surface area contributed by atoms with Crippen LogP contribution in [0.2, 0.25) is 0 Å². The summed E-state index contributed by atoms with van der Waals surface area (Å²) in [4.78, 5) is 25.1. The fourth-order valence-electron chi connectivity index (χ4n) is 2.51. The van der Waals surface area contributed by atoms with E-state index in [1.807, 2.05) is 4.90 Å². The first-order valence-corrected chi connectivity index (χ1v) is 7.03. The van der Waals surface area contributed by atoms with Gasteiger partial charge in [-0.25, -0.2) is 4.39 Å². The summed E-state index contributed by atoms with van der Waals surface area (Å²) in [5.74, 6) is -1.08. The molecule has 2 rings (SSSR count). The van der Waals surface area contributed by atoms with Crippen LogP contribution in [-0.2, 0) is 9.59 Å². The summed E-state index contributed by atoms with van der Waals surface area (Å²) in [5.41, 5.74) is 6.28. The van der Waals surface area contributed by atoms with Crippen LogP contribution in [0.5, 0.6) is 0 Å². The van der Waals surface area contributed by atoms with E-state index in [9.17, 15) is 14.0 Å². The van der Waals surface area contributed by atoms with Crippen LogP contribution < -0.4 is 11.1 Å². The number of hydrogen-bond acceptors (Lipinski definition) is 3. The Morgan fingerprint density at radius 2 is 2.24 bits per heavy atom. The van der Waals surface area contributed by atoms with E-state index in [2.05, 4.69) is 5.32 Å². The molecule has 0 unspecified atom stereocenters. The van der Waals surface area contributed by atoms with Crippen LogP contribution in [0.15, 0.2) is 18.2 Å². The third kappa shape index (κ3) is 4.26. The van der Waals surface area contributed by atoms with Crippen molar-refractivity contribution in [1.29, 1.82) is 0 Å². The van der Waals surface area contributed by atoms with Crippen molar-refractivity contribution in [2.75, 3.05) is 25.0 Å². The topological polar surface area (TPSA) is 75.4 Å². The monoisotopic (exact) mass is 293 g/mol. The summed E-state index contributed by atoms with van der Waals surface area (Å²) >= 11 is 0. The Labute approximate surface area is 123 Å². The van der Waals surface area contributed by atoms with Crippen LogP contribution in [0.4, 0.5) is 10.1 Å². The highest BCUT2D eigenvalue weighted by Gasteiger charge is 2.25. The molecule has 21 heavy (non-hydrogen) atoms. The van der Waals surface area contributed by atoms with Crippen molar-refractivity contribution in [3.8, 4) is 0 Å². The molecule has 1 fully saturated rings. The number of rotatable bonds is 4. The second-order valence-electron chi connectivity index (χ2n) is 5.49. The molecule has 1 aliphatic heterocycles. The number of hydrogen-bond donors (Lipinski definition) is 2. The second kappa shape index (κ2) is 6.67. The molecule has 1 aromatic carbocycles. The van der Waals surface area contributed by atoms with Crippen LogP contribution in [-0.4, -0.2) is 36.3 Å². The summed E-state index contributed by atoms with van der Waals surface area (Å²) in [5, 5.41) is 2.66. The van der Waals surface area contributed by atoms with E-state index < -0.39 is 0 Å². The van der Waals surface area contributed by atoms with Crippen molar-refractivity contribution in [1.82, 2.24) is 4.90 Å². The molecule has 0 aromatic heterocycles. The molecule has 1 atom stereocenters. The van der Waals surface area contributed by atoms with Crippen molar-refractivity contribution in [2.45, 2.75) is 19.8 Å². The number of nitrogens with two attached hydrogens (primary N) is 1. The Morgan fingerprint density at radius 3 is 2.90 bits per heavy atom. The van der Waals surface area contributed by atoms with Gasteiger partial charge >= 0.3 is 0 Å². The minimum absolute atomic E-state index is 0.180. The Morgan fingerprint density at radius 1 is 1.48 bits per heavy atom.